The van der Waals surface area contributed by atoms with E-state index in [0.717, 1.165) is 51.4 Å². The van der Waals surface area contributed by atoms with Gasteiger partial charge in [-0.05, 0) is 44.9 Å². The molecule has 0 rings (SSSR count). The Morgan fingerprint density at radius 2 is 0.841 bits per heavy atom. The lowest BCUT2D eigenvalue weighted by molar-refractivity contribution is -0.870. The number of allylic oxidation sites excluding steroid dienone is 2. The standard InChI is InChI=1S/C60H121N2O6P/c1-7-10-13-16-19-22-25-28-31-33-35-38-41-44-47-50-53-61(60(63)52-49-46-43-40-37-34-32-29-26-23-20-17-14-11-8-2)57-59(68-69(64,65)67-56-54-62(4,5)6)58-66-55-51-48-45-42-39-36-30-27-24-21-18-15-12-9-3/h29,32,59H,7-28,30-31,33-58H2,1-6H3/p+1/b32-29-. The molecule has 2 unspecified atom stereocenters. The summed E-state index contributed by atoms with van der Waals surface area (Å²) in [5.41, 5.74) is 0. The maximum atomic E-state index is 13.9. The average Bonchev–Trinajstić information content (AvgIpc) is 3.31. The second kappa shape index (κ2) is 52.1. The monoisotopic (exact) mass is 998 g/mol. The first-order chi connectivity index (χ1) is 33.5. The molecule has 0 saturated heterocycles. The summed E-state index contributed by atoms with van der Waals surface area (Å²) in [6, 6.07) is 0. The fourth-order valence-corrected chi connectivity index (χ4v) is 10.2. The summed E-state index contributed by atoms with van der Waals surface area (Å²) in [6.07, 6.45) is 59.6. The Kier molecular flexibility index (Phi) is 51.5. The molecular formula is C60H122N2O6P+. The Morgan fingerprint density at radius 3 is 1.23 bits per heavy atom. The van der Waals surface area contributed by atoms with Crippen molar-refractivity contribution in [2.45, 2.75) is 309 Å². The Bertz CT molecular complexity index is 1130. The number of phosphoric ester groups is 1. The molecule has 0 heterocycles. The average molecular weight is 999 g/mol. The predicted octanol–water partition coefficient (Wildman–Crippen LogP) is 18.8. The number of ether oxygens (including phenoxy) is 1. The van der Waals surface area contributed by atoms with E-state index in [0.29, 0.717) is 30.6 Å². The second-order valence-corrected chi connectivity index (χ2v) is 23.6. The number of likely N-dealkylation sites (N-methyl/N-ethyl adjacent to an activating group) is 1. The molecule has 8 nitrogen and oxygen atoms in total. The summed E-state index contributed by atoms with van der Waals surface area (Å²) < 4.78 is 31.4. The minimum atomic E-state index is -4.36. The van der Waals surface area contributed by atoms with Crippen LogP contribution in [0.15, 0.2) is 12.2 Å². The lowest BCUT2D eigenvalue weighted by Gasteiger charge is -2.29. The molecule has 0 radical (unpaired) electrons. The Balaban J connectivity index is 5.09. The summed E-state index contributed by atoms with van der Waals surface area (Å²) in [4.78, 5) is 26.7. The molecule has 9 heteroatoms. The molecule has 0 aliphatic heterocycles. The van der Waals surface area contributed by atoms with Crippen LogP contribution in [0.3, 0.4) is 0 Å². The fraction of sp³-hybridized carbons (Fsp3) is 0.950. The van der Waals surface area contributed by atoms with E-state index in [1.54, 1.807) is 0 Å². The van der Waals surface area contributed by atoms with Gasteiger partial charge in [-0.2, -0.15) is 0 Å². The smallest absolute Gasteiger partial charge is 0.379 e. The molecule has 69 heavy (non-hydrogen) atoms. The molecule has 2 atom stereocenters. The second-order valence-electron chi connectivity index (χ2n) is 22.2. The summed E-state index contributed by atoms with van der Waals surface area (Å²) in [7, 11) is 1.72. The minimum Gasteiger partial charge on any atom is -0.379 e. The van der Waals surface area contributed by atoms with Crippen LogP contribution < -0.4 is 0 Å². The van der Waals surface area contributed by atoms with Crippen molar-refractivity contribution in [3.63, 3.8) is 0 Å². The van der Waals surface area contributed by atoms with Gasteiger partial charge in [-0.15, -0.1) is 0 Å². The molecule has 0 aromatic carbocycles. The number of nitrogens with zero attached hydrogens (tertiary/aromatic N) is 2. The Hall–Kier alpha value is -0.760. The zero-order valence-electron chi connectivity index (χ0n) is 47.4. The highest BCUT2D eigenvalue weighted by molar-refractivity contribution is 7.47. The van der Waals surface area contributed by atoms with E-state index >= 15 is 0 Å². The molecule has 1 amide bonds. The highest BCUT2D eigenvalue weighted by Crippen LogP contribution is 2.44. The number of unbranched alkanes of at least 4 members (excludes halogenated alkanes) is 39. The van der Waals surface area contributed by atoms with Gasteiger partial charge in [-0.3, -0.25) is 13.8 Å². The molecule has 0 aromatic heterocycles. The van der Waals surface area contributed by atoms with E-state index in [2.05, 4.69) is 32.9 Å². The van der Waals surface area contributed by atoms with E-state index in [1.807, 2.05) is 26.0 Å². The molecule has 0 bridgehead atoms. The van der Waals surface area contributed by atoms with Gasteiger partial charge in [0.2, 0.25) is 5.91 Å². The molecule has 0 spiro atoms. The van der Waals surface area contributed by atoms with Crippen molar-refractivity contribution in [1.82, 2.24) is 4.90 Å². The zero-order chi connectivity index (χ0) is 50.6. The van der Waals surface area contributed by atoms with Gasteiger partial charge in [0, 0.05) is 26.1 Å². The van der Waals surface area contributed by atoms with Crippen LogP contribution in [0.4, 0.5) is 0 Å². The molecule has 0 fully saturated rings. The molecule has 0 saturated carbocycles. The number of phosphoric acid groups is 1. The van der Waals surface area contributed by atoms with Crippen molar-refractivity contribution in [2.75, 3.05) is 60.6 Å². The SMILES string of the molecule is CCCCCCCC/C=C\CCCCCCCC(=O)N(CCCCCCCCCCCCCCCCCC)CC(COCCCCCCCCCCCCCCCC)OP(=O)(O)OCC[N+](C)(C)C. The maximum Gasteiger partial charge on any atom is 0.472 e. The summed E-state index contributed by atoms with van der Waals surface area (Å²) in [5, 5.41) is 0. The van der Waals surface area contributed by atoms with Crippen molar-refractivity contribution in [3.8, 4) is 0 Å². The van der Waals surface area contributed by atoms with Crippen LogP contribution in [0.5, 0.6) is 0 Å². The first kappa shape index (κ1) is 68.2. The summed E-state index contributed by atoms with van der Waals surface area (Å²) >= 11 is 0. The topological polar surface area (TPSA) is 85.3 Å². The van der Waals surface area contributed by atoms with Crippen LogP contribution in [0.2, 0.25) is 0 Å². The van der Waals surface area contributed by atoms with Crippen molar-refractivity contribution in [3.05, 3.63) is 12.2 Å². The lowest BCUT2D eigenvalue weighted by atomic mass is 10.0. The third-order valence-corrected chi connectivity index (χ3v) is 15.0. The highest BCUT2D eigenvalue weighted by atomic mass is 31.2. The van der Waals surface area contributed by atoms with Gasteiger partial charge in [0.25, 0.3) is 0 Å². The number of carbonyl (C=O) groups excluding carboxylic acids is 1. The van der Waals surface area contributed by atoms with Crippen LogP contribution >= 0.6 is 7.82 Å². The van der Waals surface area contributed by atoms with Gasteiger partial charge in [0.05, 0.1) is 27.7 Å². The van der Waals surface area contributed by atoms with Gasteiger partial charge in [-0.25, -0.2) is 4.57 Å². The van der Waals surface area contributed by atoms with Crippen molar-refractivity contribution < 1.29 is 32.5 Å². The first-order valence-electron chi connectivity index (χ1n) is 30.5. The zero-order valence-corrected chi connectivity index (χ0v) is 48.3. The number of hydrogen-bond acceptors (Lipinski definition) is 5. The predicted molar refractivity (Wildman–Crippen MR) is 300 cm³/mol. The van der Waals surface area contributed by atoms with Gasteiger partial charge in [-0.1, -0.05) is 264 Å². The van der Waals surface area contributed by atoms with E-state index in [9.17, 15) is 14.3 Å². The molecule has 0 aromatic rings. The molecule has 0 aliphatic rings. The Morgan fingerprint density at radius 1 is 0.493 bits per heavy atom. The van der Waals surface area contributed by atoms with Crippen molar-refractivity contribution in [2.24, 2.45) is 0 Å². The summed E-state index contributed by atoms with van der Waals surface area (Å²) in [6.45, 7) is 9.16. The van der Waals surface area contributed by atoms with Gasteiger partial charge >= 0.3 is 7.82 Å². The van der Waals surface area contributed by atoms with Crippen LogP contribution in [0, 0.1) is 0 Å². The van der Waals surface area contributed by atoms with Crippen molar-refractivity contribution >= 4 is 13.7 Å². The highest BCUT2D eigenvalue weighted by Gasteiger charge is 2.30. The van der Waals surface area contributed by atoms with Crippen LogP contribution in [0.25, 0.3) is 0 Å². The third kappa shape index (κ3) is 53.4. The number of carbonyl (C=O) groups is 1. The summed E-state index contributed by atoms with van der Waals surface area (Å²) in [5.74, 6) is 0.118. The quantitative estimate of drug-likeness (QED) is 0.0283. The lowest BCUT2D eigenvalue weighted by Crippen LogP contribution is -2.41. The number of amides is 1. The molecular weight excluding hydrogens is 876 g/mol. The van der Waals surface area contributed by atoms with Gasteiger partial charge in [0.15, 0.2) is 0 Å². The largest absolute Gasteiger partial charge is 0.472 e. The van der Waals surface area contributed by atoms with E-state index < -0.39 is 13.9 Å². The van der Waals surface area contributed by atoms with Gasteiger partial charge in [0.1, 0.15) is 19.3 Å². The maximum absolute atomic E-state index is 13.9. The fourth-order valence-electron chi connectivity index (χ4n) is 9.30. The molecule has 0 aliphatic carbocycles. The van der Waals surface area contributed by atoms with Crippen LogP contribution in [0.1, 0.15) is 303 Å². The molecule has 1 N–H and O–H groups in total. The van der Waals surface area contributed by atoms with E-state index in [4.69, 9.17) is 13.8 Å². The van der Waals surface area contributed by atoms with Crippen LogP contribution in [-0.4, -0.2) is 86.9 Å². The number of rotatable bonds is 57. The van der Waals surface area contributed by atoms with Crippen molar-refractivity contribution in [1.29, 1.82) is 0 Å². The van der Waals surface area contributed by atoms with E-state index in [-0.39, 0.29) is 25.7 Å². The third-order valence-electron chi connectivity index (χ3n) is 14.0. The Labute approximate surface area is 431 Å². The van der Waals surface area contributed by atoms with E-state index in [1.165, 1.54) is 225 Å². The minimum absolute atomic E-state index is 0.112. The van der Waals surface area contributed by atoms with Crippen LogP contribution in [-0.2, 0) is 23.1 Å². The number of quaternary nitrogens is 1. The normalized spacial score (nSPS) is 13.4. The molecule has 412 valence electrons. The first-order valence-corrected chi connectivity index (χ1v) is 32.0. The van der Waals surface area contributed by atoms with Gasteiger partial charge < -0.3 is 19.0 Å². The number of hydrogen-bond donors (Lipinski definition) is 1.